The molecule has 74 valence electrons. The molecule has 0 bridgehead atoms. The highest BCUT2D eigenvalue weighted by Gasteiger charge is 2.21. The summed E-state index contributed by atoms with van der Waals surface area (Å²) in [5.74, 6) is -0.264. The highest BCUT2D eigenvalue weighted by molar-refractivity contribution is 14.1. The third-order valence-electron chi connectivity index (χ3n) is 1.46. The third-order valence-corrected chi connectivity index (χ3v) is 1.92. The molecule has 0 saturated carbocycles. The first kappa shape index (κ1) is 11.5. The molecule has 1 aromatic carbocycles. The van der Waals surface area contributed by atoms with Gasteiger partial charge < -0.3 is 2.98 Å². The van der Waals surface area contributed by atoms with E-state index in [1.54, 1.807) is 23.0 Å². The molecular weight excluding hydrogens is 296 g/mol. The molecular formula is C8H9BINO3. The lowest BCUT2D eigenvalue weighted by Gasteiger charge is -2.09. The molecule has 0 unspecified atom stereocenters. The van der Waals surface area contributed by atoms with Gasteiger partial charge in [-0.1, -0.05) is 30.3 Å². The number of amides is 1. The maximum Gasteiger partial charge on any atom is 0.526 e. The lowest BCUT2D eigenvalue weighted by Crippen LogP contribution is -2.40. The van der Waals surface area contributed by atoms with Crippen molar-refractivity contribution >= 4 is 41.5 Å². The molecule has 14 heavy (non-hydrogen) atoms. The van der Waals surface area contributed by atoms with E-state index in [2.05, 4.69) is 5.48 Å². The van der Waals surface area contributed by atoms with Crippen LogP contribution in [0, 0.1) is 0 Å². The van der Waals surface area contributed by atoms with Crippen LogP contribution in [0.15, 0.2) is 30.3 Å². The zero-order valence-corrected chi connectivity index (χ0v) is 9.72. The van der Waals surface area contributed by atoms with E-state index in [1.807, 2.05) is 30.3 Å². The lowest BCUT2D eigenvalue weighted by atomic mass is 9.80. The van der Waals surface area contributed by atoms with Crippen molar-refractivity contribution in [2.75, 3.05) is 0 Å². The van der Waals surface area contributed by atoms with Gasteiger partial charge in [-0.05, 0) is 5.46 Å². The van der Waals surface area contributed by atoms with Gasteiger partial charge in [-0.25, -0.2) is 5.48 Å². The highest BCUT2D eigenvalue weighted by Crippen LogP contribution is 1.96. The lowest BCUT2D eigenvalue weighted by molar-refractivity contribution is -0.125. The second kappa shape index (κ2) is 6.00. The summed E-state index contributed by atoms with van der Waals surface area (Å²) in [6.45, 7) is 1.37. The second-order valence-electron chi connectivity index (χ2n) is 2.61. The minimum atomic E-state index is -0.583. The number of halogens is 1. The van der Waals surface area contributed by atoms with E-state index in [1.165, 1.54) is 6.92 Å². The Hall–Kier alpha value is -0.595. The summed E-state index contributed by atoms with van der Waals surface area (Å²) >= 11 is 1.72. The van der Waals surface area contributed by atoms with E-state index < -0.39 is 7.12 Å². The van der Waals surface area contributed by atoms with Crippen LogP contribution < -0.4 is 10.9 Å². The summed E-state index contributed by atoms with van der Waals surface area (Å²) in [5.41, 5.74) is 3.07. The van der Waals surface area contributed by atoms with Crippen LogP contribution in [0.4, 0.5) is 0 Å². The normalized spacial score (nSPS) is 9.57. The monoisotopic (exact) mass is 305 g/mol. The molecule has 1 aromatic rings. The van der Waals surface area contributed by atoms with Gasteiger partial charge in [0.2, 0.25) is 5.91 Å². The van der Waals surface area contributed by atoms with Crippen molar-refractivity contribution in [1.29, 1.82) is 0 Å². The molecule has 0 aromatic heterocycles. The Labute approximate surface area is 96.8 Å². The zero-order valence-electron chi connectivity index (χ0n) is 7.57. The number of hydrogen-bond donors (Lipinski definition) is 1. The first-order chi connectivity index (χ1) is 6.74. The molecule has 4 nitrogen and oxygen atoms in total. The summed E-state index contributed by atoms with van der Waals surface area (Å²) < 4.78 is 10.0. The van der Waals surface area contributed by atoms with Gasteiger partial charge in [0.1, 0.15) is 0 Å². The quantitative estimate of drug-likeness (QED) is 0.509. The fraction of sp³-hybridized carbons (Fsp3) is 0.125. The number of hydrogen-bond acceptors (Lipinski definition) is 3. The van der Waals surface area contributed by atoms with Crippen LogP contribution >= 0.6 is 23.0 Å². The van der Waals surface area contributed by atoms with Gasteiger partial charge in [-0.3, -0.25) is 9.55 Å². The maximum absolute atomic E-state index is 10.6. The summed E-state index contributed by atoms with van der Waals surface area (Å²) in [5, 5.41) is 0. The van der Waals surface area contributed by atoms with Crippen molar-refractivity contribution in [2.24, 2.45) is 0 Å². The predicted molar refractivity (Wildman–Crippen MR) is 61.8 cm³/mol. The van der Waals surface area contributed by atoms with Crippen LogP contribution in [0.2, 0.25) is 0 Å². The van der Waals surface area contributed by atoms with E-state index in [0.29, 0.717) is 0 Å². The van der Waals surface area contributed by atoms with E-state index >= 15 is 0 Å². The Morgan fingerprint density at radius 3 is 2.57 bits per heavy atom. The number of carbonyl (C=O) groups excluding carboxylic acids is 1. The summed E-state index contributed by atoms with van der Waals surface area (Å²) in [4.78, 5) is 10.6. The van der Waals surface area contributed by atoms with Gasteiger partial charge >= 0.3 is 7.12 Å². The van der Waals surface area contributed by atoms with Crippen molar-refractivity contribution in [3.63, 3.8) is 0 Å². The number of benzene rings is 1. The summed E-state index contributed by atoms with van der Waals surface area (Å²) in [6, 6.07) is 9.34. The Morgan fingerprint density at radius 2 is 2.07 bits per heavy atom. The van der Waals surface area contributed by atoms with Crippen LogP contribution in [0.5, 0.6) is 0 Å². The minimum Gasteiger partial charge on any atom is -0.341 e. The van der Waals surface area contributed by atoms with Gasteiger partial charge in [0.05, 0.1) is 23.0 Å². The molecule has 1 amide bonds. The summed E-state index contributed by atoms with van der Waals surface area (Å²) in [6.07, 6.45) is 0. The number of rotatable bonds is 4. The molecule has 0 aliphatic rings. The van der Waals surface area contributed by atoms with Gasteiger partial charge in [0.15, 0.2) is 0 Å². The number of hydroxylamine groups is 1. The van der Waals surface area contributed by atoms with E-state index in [-0.39, 0.29) is 5.91 Å². The Kier molecular flexibility index (Phi) is 4.92. The fourth-order valence-electron chi connectivity index (χ4n) is 0.884. The van der Waals surface area contributed by atoms with Gasteiger partial charge in [0, 0.05) is 6.92 Å². The molecule has 0 spiro atoms. The smallest absolute Gasteiger partial charge is 0.341 e. The van der Waals surface area contributed by atoms with Gasteiger partial charge in [-0.2, -0.15) is 0 Å². The van der Waals surface area contributed by atoms with Crippen LogP contribution in [-0.4, -0.2) is 13.0 Å². The average Bonchev–Trinajstić information content (AvgIpc) is 2.20. The molecule has 0 saturated heterocycles. The summed E-state index contributed by atoms with van der Waals surface area (Å²) in [7, 11) is -0.583. The molecule has 0 fully saturated rings. The Bertz CT molecular complexity index is 296. The largest absolute Gasteiger partial charge is 0.526 e. The maximum atomic E-state index is 10.6. The Morgan fingerprint density at radius 1 is 1.43 bits per heavy atom. The van der Waals surface area contributed by atoms with Crippen molar-refractivity contribution in [1.82, 2.24) is 5.48 Å². The molecule has 0 aliphatic heterocycles. The van der Waals surface area contributed by atoms with E-state index in [9.17, 15) is 4.79 Å². The first-order valence-corrected chi connectivity index (χ1v) is 4.86. The Balaban J connectivity index is 2.58. The van der Waals surface area contributed by atoms with Crippen LogP contribution in [0.3, 0.4) is 0 Å². The van der Waals surface area contributed by atoms with Crippen LogP contribution in [-0.2, 0) is 12.5 Å². The van der Waals surface area contributed by atoms with Crippen molar-refractivity contribution in [2.45, 2.75) is 6.92 Å². The SMILES string of the molecule is CC(=O)NOB(OI)c1ccccc1. The number of carbonyl (C=O) groups is 1. The van der Waals surface area contributed by atoms with Gasteiger partial charge in [0.25, 0.3) is 0 Å². The molecule has 1 N–H and O–H groups in total. The molecule has 0 heterocycles. The van der Waals surface area contributed by atoms with Crippen molar-refractivity contribution in [3.8, 4) is 0 Å². The second-order valence-corrected chi connectivity index (χ2v) is 3.12. The first-order valence-electron chi connectivity index (χ1n) is 3.98. The van der Waals surface area contributed by atoms with Gasteiger partial charge in [-0.15, -0.1) is 0 Å². The zero-order chi connectivity index (χ0) is 10.4. The van der Waals surface area contributed by atoms with Crippen molar-refractivity contribution < 1.29 is 12.5 Å². The van der Waals surface area contributed by atoms with Crippen molar-refractivity contribution in [3.05, 3.63) is 30.3 Å². The molecule has 0 aliphatic carbocycles. The van der Waals surface area contributed by atoms with E-state index in [0.717, 1.165) is 5.46 Å². The van der Waals surface area contributed by atoms with E-state index in [4.69, 9.17) is 7.74 Å². The minimum absolute atomic E-state index is 0.264. The van der Waals surface area contributed by atoms with Crippen LogP contribution in [0.1, 0.15) is 6.92 Å². The standard InChI is InChI=1S/C8H9BINO3/c1-7(12)11-14-9(13-10)8-5-3-2-4-6-8/h2-6H,1H3,(H,11,12). The molecule has 0 radical (unpaired) electrons. The molecule has 0 atom stereocenters. The predicted octanol–water partition coefficient (Wildman–Crippen LogP) is 0.816. The topological polar surface area (TPSA) is 47.6 Å². The molecule has 1 rings (SSSR count). The average molecular weight is 305 g/mol. The fourth-order valence-corrected chi connectivity index (χ4v) is 1.28. The number of nitrogens with one attached hydrogen (secondary N) is 1. The van der Waals surface area contributed by atoms with Crippen LogP contribution in [0.25, 0.3) is 0 Å². The third kappa shape index (κ3) is 3.65. The highest BCUT2D eigenvalue weighted by atomic mass is 127. The molecule has 6 heteroatoms.